The van der Waals surface area contributed by atoms with E-state index >= 15 is 0 Å². The molecule has 226 valence electrons. The summed E-state index contributed by atoms with van der Waals surface area (Å²) < 4.78 is 11.0. The number of ether oxygens (including phenoxy) is 2. The molecule has 0 saturated heterocycles. The van der Waals surface area contributed by atoms with Gasteiger partial charge in [-0.05, 0) is 82.3 Å². The predicted octanol–water partition coefficient (Wildman–Crippen LogP) is 5.74. The van der Waals surface area contributed by atoms with Crippen LogP contribution in [-0.4, -0.2) is 48.3 Å². The molecule has 0 aliphatic heterocycles. The highest BCUT2D eigenvalue weighted by Crippen LogP contribution is 2.49. The first-order chi connectivity index (χ1) is 21.2. The number of carboxylic acids is 1. The Morgan fingerprint density at radius 1 is 0.841 bits per heavy atom. The number of anilines is 1. The average Bonchev–Trinajstić information content (AvgIpc) is 3.31. The Labute approximate surface area is 255 Å². The molecule has 4 aromatic rings. The van der Waals surface area contributed by atoms with Crippen LogP contribution in [0, 0.1) is 0 Å². The van der Waals surface area contributed by atoms with Crippen molar-refractivity contribution < 1.29 is 34.1 Å². The van der Waals surface area contributed by atoms with Crippen LogP contribution >= 0.6 is 0 Å². The van der Waals surface area contributed by atoms with Crippen LogP contribution in [0.15, 0.2) is 78.9 Å². The molecule has 1 aliphatic rings. The molecule has 0 fully saturated rings. The second-order valence-corrected chi connectivity index (χ2v) is 10.8. The molecule has 0 bridgehead atoms. The lowest BCUT2D eigenvalue weighted by molar-refractivity contribution is -0.137. The smallest absolute Gasteiger partial charge is 0.303 e. The average molecular weight is 595 g/mol. The number of nitrogens with one attached hydrogen (secondary N) is 2. The molecule has 4 N–H and O–H groups in total. The highest BCUT2D eigenvalue weighted by molar-refractivity contribution is 5.98. The van der Waals surface area contributed by atoms with Gasteiger partial charge in [0.1, 0.15) is 23.3 Å². The van der Waals surface area contributed by atoms with Crippen LogP contribution in [0.5, 0.6) is 17.2 Å². The maximum absolute atomic E-state index is 13.4. The van der Waals surface area contributed by atoms with E-state index in [2.05, 4.69) is 16.7 Å². The van der Waals surface area contributed by atoms with E-state index in [1.807, 2.05) is 48.5 Å². The van der Waals surface area contributed by atoms with Gasteiger partial charge in [0.05, 0.1) is 14.2 Å². The zero-order chi connectivity index (χ0) is 31.4. The summed E-state index contributed by atoms with van der Waals surface area (Å²) in [6, 6.07) is 23.0. The molecular weight excluding hydrogens is 560 g/mol. The van der Waals surface area contributed by atoms with Crippen molar-refractivity contribution in [1.29, 1.82) is 0 Å². The van der Waals surface area contributed by atoms with Crippen LogP contribution in [0.2, 0.25) is 0 Å². The number of rotatable bonds is 11. The van der Waals surface area contributed by atoms with Crippen molar-refractivity contribution in [3.8, 4) is 39.5 Å². The van der Waals surface area contributed by atoms with Crippen molar-refractivity contribution in [2.24, 2.45) is 0 Å². The fraction of sp³-hybridized carbons (Fsp3) is 0.229. The van der Waals surface area contributed by atoms with E-state index in [0.717, 1.165) is 38.9 Å². The summed E-state index contributed by atoms with van der Waals surface area (Å²) in [6.45, 7) is 1.35. The number of amides is 2. The molecule has 0 spiro atoms. The van der Waals surface area contributed by atoms with Crippen LogP contribution < -0.4 is 20.1 Å². The van der Waals surface area contributed by atoms with Crippen molar-refractivity contribution >= 4 is 23.5 Å². The number of hydrogen-bond acceptors (Lipinski definition) is 6. The van der Waals surface area contributed by atoms with E-state index in [-0.39, 0.29) is 36.3 Å². The van der Waals surface area contributed by atoms with E-state index in [1.54, 1.807) is 26.4 Å². The summed E-state index contributed by atoms with van der Waals surface area (Å²) in [5, 5.41) is 24.8. The molecule has 4 aromatic carbocycles. The molecular formula is C35H34N2O7. The Balaban J connectivity index is 1.46. The molecule has 9 nitrogen and oxygen atoms in total. The van der Waals surface area contributed by atoms with E-state index in [4.69, 9.17) is 9.47 Å². The number of carboxylic acid groups (broad SMARTS) is 1. The highest BCUT2D eigenvalue weighted by atomic mass is 16.5. The number of benzene rings is 4. The van der Waals surface area contributed by atoms with Gasteiger partial charge in [0.15, 0.2) is 0 Å². The van der Waals surface area contributed by atoms with Gasteiger partial charge in [-0.2, -0.15) is 0 Å². The number of aromatic hydroxyl groups is 1. The van der Waals surface area contributed by atoms with Gasteiger partial charge in [0, 0.05) is 43.0 Å². The second-order valence-electron chi connectivity index (χ2n) is 10.8. The van der Waals surface area contributed by atoms with Crippen molar-refractivity contribution in [1.82, 2.24) is 5.32 Å². The second kappa shape index (κ2) is 12.9. The zero-order valence-corrected chi connectivity index (χ0v) is 24.7. The molecule has 0 heterocycles. The number of hydrogen-bond donors (Lipinski definition) is 4. The van der Waals surface area contributed by atoms with Crippen LogP contribution in [0.4, 0.5) is 5.69 Å². The van der Waals surface area contributed by atoms with Gasteiger partial charge >= 0.3 is 5.97 Å². The lowest BCUT2D eigenvalue weighted by atomic mass is 9.90. The largest absolute Gasteiger partial charge is 0.508 e. The summed E-state index contributed by atoms with van der Waals surface area (Å²) in [7, 11) is 3.20. The fourth-order valence-corrected chi connectivity index (χ4v) is 5.77. The van der Waals surface area contributed by atoms with E-state index in [0.29, 0.717) is 23.6 Å². The van der Waals surface area contributed by atoms with E-state index < -0.39 is 12.0 Å². The minimum absolute atomic E-state index is 0.0204. The lowest BCUT2D eigenvalue weighted by Gasteiger charge is -2.19. The molecule has 9 heteroatoms. The molecule has 0 aromatic heterocycles. The molecule has 2 amide bonds. The molecule has 5 rings (SSSR count). The fourth-order valence-electron chi connectivity index (χ4n) is 5.77. The standard InChI is InChI=1S/C35H34N2O7/c1-20(38)36-32(16-21-4-8-24(39)9-5-21)35(42)37-23-7-12-28-27-11-6-22(26-13-10-25(43-2)19-33(26)44-3)17-30(27)29(31(28)18-23)14-15-34(40)41/h4-13,17-19,29,32,39H,14-16H2,1-3H3,(H,36,38)(H,37,42)(H,40,41)/t29?,32-/m0/s1. The molecule has 2 atom stereocenters. The normalized spacial score (nSPS) is 13.8. The lowest BCUT2D eigenvalue weighted by Crippen LogP contribution is -2.44. The van der Waals surface area contributed by atoms with Gasteiger partial charge in [-0.1, -0.05) is 30.3 Å². The van der Waals surface area contributed by atoms with Crippen molar-refractivity contribution in [3.05, 3.63) is 95.6 Å². The first kappa shape index (κ1) is 30.2. The summed E-state index contributed by atoms with van der Waals surface area (Å²) in [6.07, 6.45) is 0.597. The van der Waals surface area contributed by atoms with Gasteiger partial charge in [0.2, 0.25) is 11.8 Å². The highest BCUT2D eigenvalue weighted by Gasteiger charge is 2.30. The van der Waals surface area contributed by atoms with E-state index in [9.17, 15) is 24.6 Å². The minimum Gasteiger partial charge on any atom is -0.508 e. The van der Waals surface area contributed by atoms with Crippen LogP contribution in [0.3, 0.4) is 0 Å². The monoisotopic (exact) mass is 594 g/mol. The summed E-state index contributed by atoms with van der Waals surface area (Å²) in [4.78, 5) is 36.9. The summed E-state index contributed by atoms with van der Waals surface area (Å²) in [5.74, 6) is -0.373. The summed E-state index contributed by atoms with van der Waals surface area (Å²) in [5.41, 5.74) is 7.04. The molecule has 0 radical (unpaired) electrons. The molecule has 0 saturated carbocycles. The maximum Gasteiger partial charge on any atom is 0.303 e. The van der Waals surface area contributed by atoms with Gasteiger partial charge in [-0.25, -0.2) is 0 Å². The molecule has 1 unspecified atom stereocenters. The van der Waals surface area contributed by atoms with Gasteiger partial charge in [0.25, 0.3) is 0 Å². The molecule has 1 aliphatic carbocycles. The zero-order valence-electron chi connectivity index (χ0n) is 24.7. The van der Waals surface area contributed by atoms with Crippen molar-refractivity contribution in [2.45, 2.75) is 38.1 Å². The third kappa shape index (κ3) is 6.52. The number of phenols is 1. The number of carbonyl (C=O) groups is 3. The van der Waals surface area contributed by atoms with Crippen LogP contribution in [-0.2, 0) is 20.8 Å². The minimum atomic E-state index is -0.884. The third-order valence-electron chi connectivity index (χ3n) is 7.85. The Morgan fingerprint density at radius 2 is 1.52 bits per heavy atom. The topological polar surface area (TPSA) is 134 Å². The quantitative estimate of drug-likeness (QED) is 0.174. The number of methoxy groups -OCH3 is 2. The number of fused-ring (bicyclic) bond motifs is 3. The first-order valence-corrected chi connectivity index (χ1v) is 14.2. The Bertz CT molecular complexity index is 1720. The van der Waals surface area contributed by atoms with Crippen molar-refractivity contribution in [2.75, 3.05) is 19.5 Å². The van der Waals surface area contributed by atoms with Crippen LogP contribution in [0.25, 0.3) is 22.3 Å². The van der Waals surface area contributed by atoms with E-state index in [1.165, 1.54) is 19.1 Å². The number of carbonyl (C=O) groups excluding carboxylic acids is 2. The SMILES string of the molecule is COc1ccc(-c2ccc3c(c2)C(CCC(=O)O)c2cc(NC(=O)[C@H](Cc4ccc(O)cc4)NC(C)=O)ccc2-3)c(OC)c1. The Hall–Kier alpha value is -5.31. The predicted molar refractivity (Wildman–Crippen MR) is 167 cm³/mol. The molecule has 44 heavy (non-hydrogen) atoms. The number of aliphatic carboxylic acids is 1. The Kier molecular flexibility index (Phi) is 8.85. The third-order valence-corrected chi connectivity index (χ3v) is 7.85. The number of phenolic OH excluding ortho intramolecular Hbond substituents is 1. The van der Waals surface area contributed by atoms with Crippen LogP contribution in [0.1, 0.15) is 42.4 Å². The van der Waals surface area contributed by atoms with Gasteiger partial charge < -0.3 is 30.3 Å². The summed E-state index contributed by atoms with van der Waals surface area (Å²) >= 11 is 0. The maximum atomic E-state index is 13.4. The first-order valence-electron chi connectivity index (χ1n) is 14.2. The van der Waals surface area contributed by atoms with Gasteiger partial charge in [-0.3, -0.25) is 14.4 Å². The Morgan fingerprint density at radius 3 is 2.18 bits per heavy atom. The van der Waals surface area contributed by atoms with Gasteiger partial charge in [-0.15, -0.1) is 0 Å². The van der Waals surface area contributed by atoms with Crippen molar-refractivity contribution in [3.63, 3.8) is 0 Å².